The standard InChI is InChI=1S/C10H11NS.C4H10/c1-7(2)10-11-8-5-3-4-6-9(8)12-10;1-4(2)3/h3-7H,1-2H3;4H,1-3H3. The SMILES string of the molecule is CC(C)C.CC(C)c1nc2ccccc2s1. The summed E-state index contributed by atoms with van der Waals surface area (Å²) >= 11 is 1.79. The predicted octanol–water partition coefficient (Wildman–Crippen LogP) is 5.08. The van der Waals surface area contributed by atoms with Gasteiger partial charge < -0.3 is 0 Å². The number of thiazole rings is 1. The maximum Gasteiger partial charge on any atom is 0.0963 e. The quantitative estimate of drug-likeness (QED) is 0.671. The van der Waals surface area contributed by atoms with Gasteiger partial charge in [0.15, 0.2) is 0 Å². The second-order valence-corrected chi connectivity index (χ2v) is 5.97. The highest BCUT2D eigenvalue weighted by molar-refractivity contribution is 7.18. The van der Waals surface area contributed by atoms with E-state index in [0.717, 1.165) is 11.4 Å². The molecule has 0 fully saturated rings. The zero-order chi connectivity index (χ0) is 12.1. The van der Waals surface area contributed by atoms with Crippen LogP contribution in [0.5, 0.6) is 0 Å². The molecule has 0 aliphatic rings. The first kappa shape index (κ1) is 13.2. The molecule has 2 heteroatoms. The van der Waals surface area contributed by atoms with Crippen LogP contribution in [0.15, 0.2) is 24.3 Å². The van der Waals surface area contributed by atoms with Crippen LogP contribution < -0.4 is 0 Å². The van der Waals surface area contributed by atoms with E-state index >= 15 is 0 Å². The van der Waals surface area contributed by atoms with Gasteiger partial charge in [0, 0.05) is 5.92 Å². The van der Waals surface area contributed by atoms with Crippen LogP contribution in [0.1, 0.15) is 45.5 Å². The molecule has 0 saturated carbocycles. The zero-order valence-electron chi connectivity index (χ0n) is 10.8. The van der Waals surface area contributed by atoms with Crippen LogP contribution in [0.25, 0.3) is 10.2 Å². The fourth-order valence-corrected chi connectivity index (χ4v) is 2.11. The Labute approximate surface area is 103 Å². The lowest BCUT2D eigenvalue weighted by Gasteiger charge is -1.94. The molecule has 0 spiro atoms. The summed E-state index contributed by atoms with van der Waals surface area (Å²) in [6, 6.07) is 8.29. The third-order valence-corrected chi connectivity index (χ3v) is 3.14. The monoisotopic (exact) mass is 235 g/mol. The van der Waals surface area contributed by atoms with Gasteiger partial charge in [-0.05, 0) is 18.1 Å². The maximum atomic E-state index is 4.53. The molecular formula is C14H21NS. The van der Waals surface area contributed by atoms with Crippen molar-refractivity contribution >= 4 is 21.6 Å². The molecule has 2 aromatic rings. The second-order valence-electron chi connectivity index (χ2n) is 4.91. The fourth-order valence-electron chi connectivity index (χ4n) is 1.14. The molecule has 0 saturated heterocycles. The first-order valence-corrected chi connectivity index (χ1v) is 6.67. The number of benzene rings is 1. The van der Waals surface area contributed by atoms with Gasteiger partial charge in [0.1, 0.15) is 0 Å². The van der Waals surface area contributed by atoms with Crippen molar-refractivity contribution < 1.29 is 0 Å². The van der Waals surface area contributed by atoms with E-state index in [-0.39, 0.29) is 0 Å². The molecule has 1 heterocycles. The molecule has 0 aliphatic carbocycles. The molecule has 0 aliphatic heterocycles. The van der Waals surface area contributed by atoms with Crippen LogP contribution in [-0.2, 0) is 0 Å². The molecule has 2 rings (SSSR count). The molecule has 88 valence electrons. The van der Waals surface area contributed by atoms with Crippen molar-refractivity contribution in [3.63, 3.8) is 0 Å². The lowest BCUT2D eigenvalue weighted by Crippen LogP contribution is -1.82. The normalized spacial score (nSPS) is 10.7. The Balaban J connectivity index is 0.000000280. The highest BCUT2D eigenvalue weighted by atomic mass is 32.1. The number of para-hydroxylation sites is 1. The summed E-state index contributed by atoms with van der Waals surface area (Å²) in [5.74, 6) is 1.38. The van der Waals surface area contributed by atoms with Crippen LogP contribution in [0.4, 0.5) is 0 Å². The van der Waals surface area contributed by atoms with E-state index in [2.05, 4.69) is 57.8 Å². The van der Waals surface area contributed by atoms with E-state index < -0.39 is 0 Å². The van der Waals surface area contributed by atoms with Gasteiger partial charge in [0.2, 0.25) is 0 Å². The van der Waals surface area contributed by atoms with E-state index in [1.54, 1.807) is 11.3 Å². The van der Waals surface area contributed by atoms with Gasteiger partial charge in [0.05, 0.1) is 15.2 Å². The van der Waals surface area contributed by atoms with Crippen molar-refractivity contribution in [2.24, 2.45) is 5.92 Å². The minimum absolute atomic E-state index is 0.544. The van der Waals surface area contributed by atoms with Crippen molar-refractivity contribution in [1.29, 1.82) is 0 Å². The summed E-state index contributed by atoms with van der Waals surface area (Å²) in [5.41, 5.74) is 1.13. The topological polar surface area (TPSA) is 12.9 Å². The molecule has 0 amide bonds. The molecular weight excluding hydrogens is 214 g/mol. The molecule has 1 aromatic heterocycles. The molecule has 0 bridgehead atoms. The third kappa shape index (κ3) is 3.93. The van der Waals surface area contributed by atoms with Gasteiger partial charge >= 0.3 is 0 Å². The lowest BCUT2D eigenvalue weighted by atomic mass is 10.2. The number of nitrogens with zero attached hydrogens (tertiary/aromatic N) is 1. The summed E-state index contributed by atoms with van der Waals surface area (Å²) in [6.45, 7) is 10.9. The van der Waals surface area contributed by atoms with E-state index in [4.69, 9.17) is 0 Å². The lowest BCUT2D eigenvalue weighted by molar-refractivity contribution is 0.737. The van der Waals surface area contributed by atoms with Gasteiger partial charge in [-0.1, -0.05) is 46.8 Å². The summed E-state index contributed by atoms with van der Waals surface area (Å²) in [5, 5.41) is 1.23. The molecule has 0 N–H and O–H groups in total. The van der Waals surface area contributed by atoms with Crippen molar-refractivity contribution in [3.05, 3.63) is 29.3 Å². The fraction of sp³-hybridized carbons (Fsp3) is 0.500. The number of hydrogen-bond donors (Lipinski definition) is 0. The zero-order valence-corrected chi connectivity index (χ0v) is 11.6. The van der Waals surface area contributed by atoms with E-state index in [9.17, 15) is 0 Å². The highest BCUT2D eigenvalue weighted by Gasteiger charge is 2.05. The Morgan fingerprint density at radius 1 is 1.00 bits per heavy atom. The van der Waals surface area contributed by atoms with Crippen LogP contribution >= 0.6 is 11.3 Å². The molecule has 0 atom stereocenters. The average molecular weight is 235 g/mol. The van der Waals surface area contributed by atoms with Crippen LogP contribution in [0.3, 0.4) is 0 Å². The van der Waals surface area contributed by atoms with Crippen molar-refractivity contribution in [2.45, 2.75) is 40.5 Å². The average Bonchev–Trinajstić information content (AvgIpc) is 2.59. The third-order valence-electron chi connectivity index (χ3n) is 1.80. The number of hydrogen-bond acceptors (Lipinski definition) is 2. The second kappa shape index (κ2) is 6.00. The Morgan fingerprint density at radius 2 is 1.56 bits per heavy atom. The minimum Gasteiger partial charge on any atom is -0.241 e. The van der Waals surface area contributed by atoms with E-state index in [1.165, 1.54) is 9.71 Å². The summed E-state index contributed by atoms with van der Waals surface area (Å²) in [6.07, 6.45) is 0. The molecule has 1 aromatic carbocycles. The van der Waals surface area contributed by atoms with Crippen molar-refractivity contribution in [2.75, 3.05) is 0 Å². The Morgan fingerprint density at radius 3 is 2.06 bits per heavy atom. The van der Waals surface area contributed by atoms with E-state index in [1.807, 2.05) is 6.07 Å². The van der Waals surface area contributed by atoms with Crippen LogP contribution in [-0.4, -0.2) is 4.98 Å². The van der Waals surface area contributed by atoms with E-state index in [0.29, 0.717) is 5.92 Å². The summed E-state index contributed by atoms with van der Waals surface area (Å²) in [4.78, 5) is 4.53. The largest absolute Gasteiger partial charge is 0.241 e. The smallest absolute Gasteiger partial charge is 0.0963 e. The maximum absolute atomic E-state index is 4.53. The van der Waals surface area contributed by atoms with Crippen molar-refractivity contribution in [3.8, 4) is 0 Å². The van der Waals surface area contributed by atoms with Gasteiger partial charge in [0.25, 0.3) is 0 Å². The van der Waals surface area contributed by atoms with Crippen LogP contribution in [0.2, 0.25) is 0 Å². The van der Waals surface area contributed by atoms with Crippen molar-refractivity contribution in [1.82, 2.24) is 4.98 Å². The Bertz CT molecular complexity index is 393. The first-order valence-electron chi connectivity index (χ1n) is 5.86. The molecule has 0 radical (unpaired) electrons. The van der Waals surface area contributed by atoms with Gasteiger partial charge in [-0.15, -0.1) is 11.3 Å². The Hall–Kier alpha value is -0.890. The van der Waals surface area contributed by atoms with Gasteiger partial charge in [-0.3, -0.25) is 0 Å². The number of rotatable bonds is 1. The summed E-state index contributed by atoms with van der Waals surface area (Å²) in [7, 11) is 0. The van der Waals surface area contributed by atoms with Crippen LogP contribution in [0, 0.1) is 5.92 Å². The minimum atomic E-state index is 0.544. The highest BCUT2D eigenvalue weighted by Crippen LogP contribution is 2.26. The number of aromatic nitrogens is 1. The first-order chi connectivity index (χ1) is 7.50. The van der Waals surface area contributed by atoms with Gasteiger partial charge in [-0.25, -0.2) is 4.98 Å². The molecule has 0 unspecified atom stereocenters. The Kier molecular flexibility index (Phi) is 4.94. The predicted molar refractivity (Wildman–Crippen MR) is 74.2 cm³/mol. The molecule has 16 heavy (non-hydrogen) atoms. The molecule has 1 nitrogen and oxygen atoms in total. The number of fused-ring (bicyclic) bond motifs is 1. The summed E-state index contributed by atoms with van der Waals surface area (Å²) < 4.78 is 1.29. The van der Waals surface area contributed by atoms with Gasteiger partial charge in [-0.2, -0.15) is 0 Å².